The van der Waals surface area contributed by atoms with Gasteiger partial charge >= 0.3 is 0 Å². The Morgan fingerprint density at radius 1 is 1.12 bits per heavy atom. The van der Waals surface area contributed by atoms with Crippen LogP contribution in [0.1, 0.15) is 69.2 Å². The average Bonchev–Trinajstić information content (AvgIpc) is 3.34. The Morgan fingerprint density at radius 3 is 2.59 bits per heavy atom. The van der Waals surface area contributed by atoms with Crippen LogP contribution in [0.2, 0.25) is 0 Å². The van der Waals surface area contributed by atoms with Crippen molar-refractivity contribution < 1.29 is 9.59 Å². The Balaban J connectivity index is 1.47. The van der Waals surface area contributed by atoms with Crippen LogP contribution < -0.4 is 5.32 Å². The molecule has 0 spiro atoms. The summed E-state index contributed by atoms with van der Waals surface area (Å²) >= 11 is 0. The summed E-state index contributed by atoms with van der Waals surface area (Å²) in [5.41, 5.74) is 3.38. The molecular formula is C26H32N6O2. The Labute approximate surface area is 200 Å². The highest BCUT2D eigenvalue weighted by Crippen LogP contribution is 2.40. The molecule has 3 heterocycles. The first kappa shape index (κ1) is 22.5. The number of aromatic nitrogens is 2. The monoisotopic (exact) mass is 460 g/mol. The van der Waals surface area contributed by atoms with E-state index < -0.39 is 5.54 Å². The van der Waals surface area contributed by atoms with Gasteiger partial charge in [0.2, 0.25) is 0 Å². The summed E-state index contributed by atoms with van der Waals surface area (Å²) in [6.07, 6.45) is 9.61. The Morgan fingerprint density at radius 2 is 1.91 bits per heavy atom. The smallest absolute Gasteiger partial charge is 0.272 e. The predicted molar refractivity (Wildman–Crippen MR) is 128 cm³/mol. The molecule has 8 nitrogen and oxygen atoms in total. The molecule has 1 aromatic heterocycles. The molecule has 1 unspecified atom stereocenters. The fourth-order valence-electron chi connectivity index (χ4n) is 4.79. The molecule has 178 valence electrons. The standard InChI is InChI=1S/C26H32N6O2/c1-3-4-5-6-18-9-11-20(12-10-18)26(2)15-21(22-13-14-31(29-22)17-19-7-8-19)24(25(34)28-26)32-23(33)16-27-30-32/h9-14,19H,3-8,15-17H2,1-2H3,(H,28,34). The molecule has 2 aliphatic heterocycles. The van der Waals surface area contributed by atoms with Crippen molar-refractivity contribution in [1.29, 1.82) is 0 Å². The summed E-state index contributed by atoms with van der Waals surface area (Å²) in [5, 5.41) is 16.9. The zero-order valence-corrected chi connectivity index (χ0v) is 20.0. The SMILES string of the molecule is CCCCCc1ccc(C2(C)CC(c3ccn(CC4CC4)n3)=C(N3N=NCC3=O)C(=O)N2)cc1. The zero-order chi connectivity index (χ0) is 23.7. The third kappa shape index (κ3) is 4.54. The highest BCUT2D eigenvalue weighted by atomic mass is 16.2. The molecule has 1 aliphatic carbocycles. The van der Waals surface area contributed by atoms with Crippen LogP contribution in [-0.4, -0.2) is 33.1 Å². The van der Waals surface area contributed by atoms with Crippen molar-refractivity contribution in [3.8, 4) is 0 Å². The van der Waals surface area contributed by atoms with E-state index in [1.54, 1.807) is 0 Å². The molecular weight excluding hydrogens is 428 g/mol. The molecule has 5 rings (SSSR count). The van der Waals surface area contributed by atoms with Crippen molar-refractivity contribution in [3.63, 3.8) is 0 Å². The number of hydrogen-bond donors (Lipinski definition) is 1. The van der Waals surface area contributed by atoms with E-state index in [4.69, 9.17) is 5.10 Å². The average molecular weight is 461 g/mol. The third-order valence-electron chi connectivity index (χ3n) is 6.98. The molecule has 0 bridgehead atoms. The molecule has 2 amide bonds. The highest BCUT2D eigenvalue weighted by Gasteiger charge is 2.42. The van der Waals surface area contributed by atoms with Gasteiger partial charge < -0.3 is 5.32 Å². The summed E-state index contributed by atoms with van der Waals surface area (Å²) < 4.78 is 1.94. The summed E-state index contributed by atoms with van der Waals surface area (Å²) in [7, 11) is 0. The van der Waals surface area contributed by atoms with Crippen molar-refractivity contribution in [1.82, 2.24) is 20.1 Å². The number of rotatable bonds is 9. The lowest BCUT2D eigenvalue weighted by molar-refractivity contribution is -0.130. The van der Waals surface area contributed by atoms with E-state index in [9.17, 15) is 9.59 Å². The number of benzene rings is 1. The fraction of sp³-hybridized carbons (Fsp3) is 0.500. The van der Waals surface area contributed by atoms with E-state index in [1.165, 1.54) is 37.7 Å². The van der Waals surface area contributed by atoms with Crippen LogP contribution in [0, 0.1) is 5.92 Å². The van der Waals surface area contributed by atoms with Gasteiger partial charge in [-0.3, -0.25) is 14.3 Å². The van der Waals surface area contributed by atoms with Crippen molar-refractivity contribution in [2.75, 3.05) is 6.54 Å². The van der Waals surface area contributed by atoms with Crippen LogP contribution in [0.3, 0.4) is 0 Å². The normalized spacial score (nSPS) is 22.6. The third-order valence-corrected chi connectivity index (χ3v) is 6.98. The molecule has 1 aromatic carbocycles. The lowest BCUT2D eigenvalue weighted by Gasteiger charge is -2.38. The van der Waals surface area contributed by atoms with Crippen LogP contribution in [-0.2, 0) is 28.1 Å². The second-order valence-corrected chi connectivity index (χ2v) is 9.91. The zero-order valence-electron chi connectivity index (χ0n) is 20.0. The molecule has 1 fully saturated rings. The quantitative estimate of drug-likeness (QED) is 0.563. The molecule has 0 radical (unpaired) electrons. The fourth-order valence-corrected chi connectivity index (χ4v) is 4.79. The maximum Gasteiger partial charge on any atom is 0.272 e. The van der Waals surface area contributed by atoms with Crippen molar-refractivity contribution in [3.05, 3.63) is 59.0 Å². The minimum absolute atomic E-state index is 0.0447. The first-order valence-electron chi connectivity index (χ1n) is 12.4. The Bertz CT molecular complexity index is 1140. The minimum Gasteiger partial charge on any atom is -0.341 e. The van der Waals surface area contributed by atoms with Crippen LogP contribution in [0.4, 0.5) is 0 Å². The van der Waals surface area contributed by atoms with Gasteiger partial charge in [0, 0.05) is 24.7 Å². The van der Waals surface area contributed by atoms with E-state index >= 15 is 0 Å². The van der Waals surface area contributed by atoms with E-state index in [0.29, 0.717) is 18.0 Å². The van der Waals surface area contributed by atoms with E-state index in [1.807, 2.05) is 23.9 Å². The Hall–Kier alpha value is -3.29. The van der Waals surface area contributed by atoms with Gasteiger partial charge in [0.1, 0.15) is 12.2 Å². The number of aryl methyl sites for hydroxylation is 1. The van der Waals surface area contributed by atoms with Gasteiger partial charge in [-0.15, -0.1) is 0 Å². The number of carbonyl (C=O) groups excluding carboxylic acids is 2. The molecule has 3 aliphatic rings. The van der Waals surface area contributed by atoms with Crippen molar-refractivity contribution in [2.45, 2.75) is 70.9 Å². The number of nitrogens with one attached hydrogen (secondary N) is 1. The van der Waals surface area contributed by atoms with E-state index in [0.717, 1.165) is 29.1 Å². The van der Waals surface area contributed by atoms with Gasteiger partial charge in [0.25, 0.3) is 11.8 Å². The number of unbranched alkanes of at least 4 members (excludes halogenated alkanes) is 2. The summed E-state index contributed by atoms with van der Waals surface area (Å²) in [6, 6.07) is 10.5. The first-order chi connectivity index (χ1) is 16.5. The van der Waals surface area contributed by atoms with Crippen LogP contribution >= 0.6 is 0 Å². The summed E-state index contributed by atoms with van der Waals surface area (Å²) in [5.74, 6) is 0.0488. The van der Waals surface area contributed by atoms with Gasteiger partial charge in [-0.2, -0.15) is 15.2 Å². The number of hydrogen-bond acceptors (Lipinski definition) is 5. The number of nitrogens with zero attached hydrogens (tertiary/aromatic N) is 5. The molecule has 1 saturated carbocycles. The van der Waals surface area contributed by atoms with E-state index in [2.05, 4.69) is 46.8 Å². The lowest BCUT2D eigenvalue weighted by atomic mass is 9.80. The lowest BCUT2D eigenvalue weighted by Crippen LogP contribution is -2.50. The van der Waals surface area contributed by atoms with Gasteiger partial charge in [-0.1, -0.05) is 49.3 Å². The minimum atomic E-state index is -0.627. The van der Waals surface area contributed by atoms with Crippen molar-refractivity contribution >= 4 is 17.4 Å². The Kier molecular flexibility index (Phi) is 6.06. The van der Waals surface area contributed by atoms with Crippen molar-refractivity contribution in [2.24, 2.45) is 16.3 Å². The van der Waals surface area contributed by atoms with Gasteiger partial charge in [-0.05, 0) is 55.7 Å². The van der Waals surface area contributed by atoms with Gasteiger partial charge in [-0.25, -0.2) is 0 Å². The van der Waals surface area contributed by atoms with Crippen LogP contribution in [0.5, 0.6) is 0 Å². The van der Waals surface area contributed by atoms with Gasteiger partial charge in [0.05, 0.1) is 11.2 Å². The topological polar surface area (TPSA) is 92.0 Å². The molecule has 2 aromatic rings. The summed E-state index contributed by atoms with van der Waals surface area (Å²) in [4.78, 5) is 25.9. The van der Waals surface area contributed by atoms with Crippen LogP contribution in [0.15, 0.2) is 52.6 Å². The molecule has 1 atom stereocenters. The first-order valence-corrected chi connectivity index (χ1v) is 12.4. The second kappa shape index (κ2) is 9.16. The van der Waals surface area contributed by atoms with Crippen LogP contribution in [0.25, 0.3) is 5.57 Å². The second-order valence-electron chi connectivity index (χ2n) is 9.91. The molecule has 0 saturated heterocycles. The van der Waals surface area contributed by atoms with Gasteiger partial charge in [0.15, 0.2) is 0 Å². The molecule has 8 heteroatoms. The predicted octanol–water partition coefficient (Wildman–Crippen LogP) is 4.38. The number of amides is 2. The number of carbonyl (C=O) groups is 2. The maximum atomic E-state index is 13.4. The maximum absolute atomic E-state index is 13.4. The molecule has 1 N–H and O–H groups in total. The highest BCUT2D eigenvalue weighted by molar-refractivity contribution is 6.06. The largest absolute Gasteiger partial charge is 0.341 e. The molecule has 34 heavy (non-hydrogen) atoms. The summed E-state index contributed by atoms with van der Waals surface area (Å²) in [6.45, 7) is 5.08. The van der Waals surface area contributed by atoms with E-state index in [-0.39, 0.29) is 24.1 Å².